The molecule has 2 aliphatic carbocycles. The van der Waals surface area contributed by atoms with Crippen molar-refractivity contribution < 1.29 is 18.5 Å². The molecule has 1 aromatic carbocycles. The van der Waals surface area contributed by atoms with E-state index in [9.17, 15) is 9.00 Å². The number of ether oxygens (including phenoxy) is 2. The SMILES string of the molecule is CO[C@@H]1CCc2c1cc1c(c2NC(=O)N=S(N)(=O)c2cnn3c2OCC(C)(C)C3)CCC1. The standard InChI is InChI=1S/C22H29N5O4S/c1-22(2)11-27-20(31-12-22)18(10-24-27)32(23,29)26-21(28)25-19-14-6-4-5-13(14)9-16-15(19)7-8-17(16)30-3/h9-10,17H,4-8,11-12H2,1-3H3,(H3,23,25,26,28,29)/t17-,32?/m1/s1. The summed E-state index contributed by atoms with van der Waals surface area (Å²) in [6.45, 7) is 5.16. The summed E-state index contributed by atoms with van der Waals surface area (Å²) in [6.07, 6.45) is 6.02. The maximum absolute atomic E-state index is 13.2. The number of carbonyl (C=O) groups excluding carboxylic acids is 1. The molecule has 1 aromatic heterocycles. The lowest BCUT2D eigenvalue weighted by Crippen LogP contribution is -2.33. The molecule has 0 spiro atoms. The summed E-state index contributed by atoms with van der Waals surface area (Å²) in [6, 6.07) is 1.49. The molecule has 0 bridgehead atoms. The van der Waals surface area contributed by atoms with E-state index in [4.69, 9.17) is 14.6 Å². The Labute approximate surface area is 188 Å². The fourth-order valence-electron chi connectivity index (χ4n) is 5.03. The molecule has 5 rings (SSSR count). The Balaban J connectivity index is 1.47. The molecular formula is C22H29N5O4S. The predicted octanol–water partition coefficient (Wildman–Crippen LogP) is 3.36. The number of aryl methyl sites for hydroxylation is 1. The summed E-state index contributed by atoms with van der Waals surface area (Å²) in [5, 5.41) is 13.2. The Morgan fingerprint density at radius 2 is 2.19 bits per heavy atom. The van der Waals surface area contributed by atoms with Crippen LogP contribution in [0.5, 0.6) is 5.88 Å². The van der Waals surface area contributed by atoms with Crippen LogP contribution < -0.4 is 15.2 Å². The zero-order chi connectivity index (χ0) is 22.7. The number of anilines is 1. The van der Waals surface area contributed by atoms with E-state index in [2.05, 4.69) is 34.7 Å². The number of amides is 2. The summed E-state index contributed by atoms with van der Waals surface area (Å²) in [5.41, 5.74) is 5.26. The van der Waals surface area contributed by atoms with Crippen LogP contribution in [-0.2, 0) is 40.5 Å². The van der Waals surface area contributed by atoms with E-state index in [-0.39, 0.29) is 16.4 Å². The largest absolute Gasteiger partial charge is 0.476 e. The average molecular weight is 460 g/mol. The first-order valence-electron chi connectivity index (χ1n) is 10.9. The molecule has 172 valence electrons. The lowest BCUT2D eigenvalue weighted by Gasteiger charge is -2.30. The molecular weight excluding hydrogens is 430 g/mol. The van der Waals surface area contributed by atoms with Crippen LogP contribution in [0.15, 0.2) is 21.5 Å². The predicted molar refractivity (Wildman–Crippen MR) is 120 cm³/mol. The van der Waals surface area contributed by atoms with Gasteiger partial charge in [0.25, 0.3) is 0 Å². The Morgan fingerprint density at radius 1 is 1.38 bits per heavy atom. The number of hydrogen-bond donors (Lipinski definition) is 2. The molecule has 2 heterocycles. The third-order valence-electron chi connectivity index (χ3n) is 6.53. The van der Waals surface area contributed by atoms with Crippen LogP contribution in [0.3, 0.4) is 0 Å². The number of nitrogens with zero attached hydrogens (tertiary/aromatic N) is 3. The highest BCUT2D eigenvalue weighted by Gasteiger charge is 2.33. The smallest absolute Gasteiger partial charge is 0.354 e. The lowest BCUT2D eigenvalue weighted by atomic mass is 9.94. The Hall–Kier alpha value is -2.43. The van der Waals surface area contributed by atoms with Crippen LogP contribution in [0, 0.1) is 5.41 Å². The second kappa shape index (κ2) is 7.57. The summed E-state index contributed by atoms with van der Waals surface area (Å²) >= 11 is 0. The third-order valence-corrected chi connectivity index (χ3v) is 7.88. The number of fused-ring (bicyclic) bond motifs is 3. The number of methoxy groups -OCH3 is 1. The van der Waals surface area contributed by atoms with E-state index in [1.807, 2.05) is 0 Å². The van der Waals surface area contributed by atoms with E-state index in [0.717, 1.165) is 54.5 Å². The van der Waals surface area contributed by atoms with Gasteiger partial charge in [-0.1, -0.05) is 19.9 Å². The molecule has 0 radical (unpaired) electrons. The average Bonchev–Trinajstić information content (AvgIpc) is 3.43. The van der Waals surface area contributed by atoms with Crippen LogP contribution in [0.1, 0.15) is 55.0 Å². The maximum atomic E-state index is 13.2. The highest BCUT2D eigenvalue weighted by atomic mass is 32.2. The minimum absolute atomic E-state index is 0.0302. The quantitative estimate of drug-likeness (QED) is 0.729. The zero-order valence-electron chi connectivity index (χ0n) is 18.6. The molecule has 9 nitrogen and oxygen atoms in total. The number of rotatable bonds is 3. The van der Waals surface area contributed by atoms with Crippen LogP contribution in [0.2, 0.25) is 0 Å². The number of urea groups is 1. The van der Waals surface area contributed by atoms with Gasteiger partial charge in [-0.2, -0.15) is 5.10 Å². The molecule has 0 fully saturated rings. The van der Waals surface area contributed by atoms with Crippen molar-refractivity contribution >= 4 is 21.6 Å². The third kappa shape index (κ3) is 3.60. The maximum Gasteiger partial charge on any atom is 0.354 e. The Kier molecular flexibility index (Phi) is 5.06. The zero-order valence-corrected chi connectivity index (χ0v) is 19.5. The molecule has 1 unspecified atom stereocenters. The molecule has 2 atom stereocenters. The summed E-state index contributed by atoms with van der Waals surface area (Å²) in [7, 11) is -1.82. The minimum atomic E-state index is -3.53. The highest BCUT2D eigenvalue weighted by molar-refractivity contribution is 7.91. The lowest BCUT2D eigenvalue weighted by molar-refractivity contribution is 0.0972. The van der Waals surface area contributed by atoms with Gasteiger partial charge < -0.3 is 14.8 Å². The summed E-state index contributed by atoms with van der Waals surface area (Å²) in [5.74, 6) is 0.317. The van der Waals surface area contributed by atoms with Crippen LogP contribution in [0.4, 0.5) is 10.5 Å². The van der Waals surface area contributed by atoms with E-state index >= 15 is 0 Å². The molecule has 3 N–H and O–H groups in total. The Morgan fingerprint density at radius 3 is 2.97 bits per heavy atom. The fourth-order valence-corrected chi connectivity index (χ4v) is 6.03. The highest BCUT2D eigenvalue weighted by Crippen LogP contribution is 2.43. The van der Waals surface area contributed by atoms with Gasteiger partial charge in [0.1, 0.15) is 4.90 Å². The van der Waals surface area contributed by atoms with Crippen LogP contribution >= 0.6 is 0 Å². The molecule has 2 amide bonds. The van der Waals surface area contributed by atoms with E-state index in [0.29, 0.717) is 19.0 Å². The van der Waals surface area contributed by atoms with E-state index < -0.39 is 15.9 Å². The number of nitrogens with one attached hydrogen (secondary N) is 1. The normalized spacial score (nSPS) is 22.3. The first kappa shape index (κ1) is 21.4. The second-order valence-corrected chi connectivity index (χ2v) is 11.3. The summed E-state index contributed by atoms with van der Waals surface area (Å²) < 4.78 is 30.1. The fraction of sp³-hybridized carbons (Fsp3) is 0.545. The van der Waals surface area contributed by atoms with Crippen molar-refractivity contribution in [2.24, 2.45) is 14.9 Å². The monoisotopic (exact) mass is 459 g/mol. The number of nitrogens with two attached hydrogens (primary N) is 1. The van der Waals surface area contributed by atoms with Gasteiger partial charge >= 0.3 is 6.03 Å². The first-order valence-corrected chi connectivity index (χ1v) is 12.5. The van der Waals surface area contributed by atoms with Crippen LogP contribution in [-0.4, -0.2) is 33.7 Å². The molecule has 3 aliphatic rings. The molecule has 10 heteroatoms. The molecule has 0 saturated carbocycles. The van der Waals surface area contributed by atoms with Crippen molar-refractivity contribution in [3.05, 3.63) is 34.5 Å². The number of carbonyl (C=O) groups is 1. The van der Waals surface area contributed by atoms with Gasteiger partial charge in [-0.05, 0) is 54.4 Å². The second-order valence-electron chi connectivity index (χ2n) is 9.59. The topological polar surface area (TPSA) is 121 Å². The number of hydrogen-bond acceptors (Lipinski definition) is 5. The van der Waals surface area contributed by atoms with Crippen molar-refractivity contribution in [1.82, 2.24) is 9.78 Å². The minimum Gasteiger partial charge on any atom is -0.476 e. The van der Waals surface area contributed by atoms with E-state index in [1.54, 1.807) is 11.8 Å². The van der Waals surface area contributed by atoms with Crippen molar-refractivity contribution in [2.45, 2.75) is 63.5 Å². The van der Waals surface area contributed by atoms with E-state index in [1.165, 1.54) is 11.8 Å². The number of benzene rings is 1. The van der Waals surface area contributed by atoms with Gasteiger partial charge in [0.15, 0.2) is 9.92 Å². The first-order chi connectivity index (χ1) is 15.2. The Bertz CT molecular complexity index is 1230. The molecule has 1 aliphatic heterocycles. The van der Waals surface area contributed by atoms with Gasteiger partial charge in [-0.15, -0.1) is 4.36 Å². The molecule has 32 heavy (non-hydrogen) atoms. The van der Waals surface area contributed by atoms with Gasteiger partial charge in [-0.25, -0.2) is 18.8 Å². The van der Waals surface area contributed by atoms with Gasteiger partial charge in [0, 0.05) is 18.2 Å². The van der Waals surface area contributed by atoms with Crippen LogP contribution in [0.25, 0.3) is 0 Å². The van der Waals surface area contributed by atoms with Crippen molar-refractivity contribution in [1.29, 1.82) is 0 Å². The van der Waals surface area contributed by atoms with Gasteiger partial charge in [0.2, 0.25) is 5.88 Å². The molecule has 2 aromatic rings. The van der Waals surface area contributed by atoms with Gasteiger partial charge in [-0.3, -0.25) is 0 Å². The van der Waals surface area contributed by atoms with Crippen molar-refractivity contribution in [3.63, 3.8) is 0 Å². The molecule has 0 saturated heterocycles. The van der Waals surface area contributed by atoms with Gasteiger partial charge in [0.05, 0.1) is 25.5 Å². The number of aromatic nitrogens is 2. The summed E-state index contributed by atoms with van der Waals surface area (Å²) in [4.78, 5) is 13.1. The van der Waals surface area contributed by atoms with Crippen molar-refractivity contribution in [3.8, 4) is 5.88 Å². The van der Waals surface area contributed by atoms with Crippen molar-refractivity contribution in [2.75, 3.05) is 19.0 Å².